The van der Waals surface area contributed by atoms with Crippen LogP contribution >= 0.6 is 0 Å². The first-order valence-electron chi connectivity index (χ1n) is 5.72. The van der Waals surface area contributed by atoms with E-state index >= 15 is 0 Å². The summed E-state index contributed by atoms with van der Waals surface area (Å²) in [4.78, 5) is 0. The van der Waals surface area contributed by atoms with Crippen LogP contribution in [-0.2, 0) is 0 Å². The number of nitriles is 1. The Kier molecular flexibility index (Phi) is 3.79. The molecule has 0 aromatic heterocycles. The third kappa shape index (κ3) is 2.98. The molecule has 0 aliphatic carbocycles. The molecule has 3 heteroatoms. The summed E-state index contributed by atoms with van der Waals surface area (Å²) in [5.41, 5.74) is 0.652. The van der Waals surface area contributed by atoms with Gasteiger partial charge in [-0.1, -0.05) is 6.07 Å². The van der Waals surface area contributed by atoms with Gasteiger partial charge in [-0.3, -0.25) is 0 Å². The Bertz CT molecular complexity index is 378. The summed E-state index contributed by atoms with van der Waals surface area (Å²) in [6, 6.07) is 9.44. The maximum Gasteiger partial charge on any atom is 0.120 e. The standard InChI is InChI=1S/C13H16N2O/c14-8-11-3-1-5-13(7-11)16-10-12-4-2-6-15-9-12/h1,3,5,7,12,15H,2,4,6,9-10H2/t12-/m0/s1. The van der Waals surface area contributed by atoms with Crippen molar-refractivity contribution >= 4 is 0 Å². The lowest BCUT2D eigenvalue weighted by molar-refractivity contribution is 0.218. The highest BCUT2D eigenvalue weighted by molar-refractivity contribution is 5.36. The molecule has 2 rings (SSSR count). The van der Waals surface area contributed by atoms with Gasteiger partial charge in [0.2, 0.25) is 0 Å². The second-order valence-corrected chi connectivity index (χ2v) is 4.16. The summed E-state index contributed by atoms with van der Waals surface area (Å²) >= 11 is 0. The van der Waals surface area contributed by atoms with Crippen LogP contribution in [-0.4, -0.2) is 19.7 Å². The molecule has 1 heterocycles. The molecule has 1 aliphatic heterocycles. The van der Waals surface area contributed by atoms with Gasteiger partial charge in [-0.2, -0.15) is 5.26 Å². The van der Waals surface area contributed by atoms with E-state index in [1.165, 1.54) is 12.8 Å². The maximum atomic E-state index is 8.76. The molecule has 0 spiro atoms. The Morgan fingerprint density at radius 1 is 1.50 bits per heavy atom. The number of nitrogens with one attached hydrogen (secondary N) is 1. The summed E-state index contributed by atoms with van der Waals surface area (Å²) in [5, 5.41) is 12.1. The highest BCUT2D eigenvalue weighted by Gasteiger charge is 2.13. The predicted molar refractivity (Wildman–Crippen MR) is 62.2 cm³/mol. The van der Waals surface area contributed by atoms with Crippen molar-refractivity contribution < 1.29 is 4.74 Å². The first-order chi connectivity index (χ1) is 7.88. The van der Waals surface area contributed by atoms with E-state index in [-0.39, 0.29) is 0 Å². The van der Waals surface area contributed by atoms with E-state index in [1.807, 2.05) is 12.1 Å². The smallest absolute Gasteiger partial charge is 0.120 e. The summed E-state index contributed by atoms with van der Waals surface area (Å²) in [7, 11) is 0. The Morgan fingerprint density at radius 3 is 3.19 bits per heavy atom. The number of benzene rings is 1. The molecule has 0 saturated carbocycles. The Balaban J connectivity index is 1.86. The first kappa shape index (κ1) is 11.0. The molecular formula is C13H16N2O. The maximum absolute atomic E-state index is 8.76. The molecule has 0 amide bonds. The number of hydrogen-bond donors (Lipinski definition) is 1. The quantitative estimate of drug-likeness (QED) is 0.839. The molecular weight excluding hydrogens is 200 g/mol. The molecule has 0 radical (unpaired) electrons. The van der Waals surface area contributed by atoms with Gasteiger partial charge in [0.1, 0.15) is 5.75 Å². The molecule has 1 fully saturated rings. The fourth-order valence-electron chi connectivity index (χ4n) is 1.94. The van der Waals surface area contributed by atoms with Crippen LogP contribution in [0, 0.1) is 17.2 Å². The molecule has 1 atom stereocenters. The Hall–Kier alpha value is -1.53. The van der Waals surface area contributed by atoms with Crippen LogP contribution in [0.5, 0.6) is 5.75 Å². The minimum Gasteiger partial charge on any atom is -0.493 e. The van der Waals surface area contributed by atoms with Gasteiger partial charge in [-0.05, 0) is 37.6 Å². The van der Waals surface area contributed by atoms with Crippen molar-refractivity contribution in [3.05, 3.63) is 29.8 Å². The van der Waals surface area contributed by atoms with Gasteiger partial charge in [0.05, 0.1) is 18.2 Å². The van der Waals surface area contributed by atoms with E-state index in [2.05, 4.69) is 11.4 Å². The summed E-state index contributed by atoms with van der Waals surface area (Å²) in [5.74, 6) is 1.39. The molecule has 1 aromatic carbocycles. The van der Waals surface area contributed by atoms with E-state index < -0.39 is 0 Å². The summed E-state index contributed by atoms with van der Waals surface area (Å²) < 4.78 is 5.70. The number of hydrogen-bond acceptors (Lipinski definition) is 3. The van der Waals surface area contributed by atoms with Crippen molar-refractivity contribution in [3.63, 3.8) is 0 Å². The van der Waals surface area contributed by atoms with Crippen LogP contribution in [0.2, 0.25) is 0 Å². The molecule has 3 nitrogen and oxygen atoms in total. The fraction of sp³-hybridized carbons (Fsp3) is 0.462. The van der Waals surface area contributed by atoms with Gasteiger partial charge in [0, 0.05) is 12.5 Å². The average Bonchev–Trinajstić information content (AvgIpc) is 2.38. The summed E-state index contributed by atoms with van der Waals surface area (Å²) in [6.07, 6.45) is 2.46. The van der Waals surface area contributed by atoms with Crippen molar-refractivity contribution in [3.8, 4) is 11.8 Å². The lowest BCUT2D eigenvalue weighted by atomic mass is 10.0. The van der Waals surface area contributed by atoms with Gasteiger partial charge >= 0.3 is 0 Å². The monoisotopic (exact) mass is 216 g/mol. The SMILES string of the molecule is N#Cc1cccc(OC[C@H]2CCCNC2)c1. The minimum absolute atomic E-state index is 0.597. The lowest BCUT2D eigenvalue weighted by Gasteiger charge is -2.22. The molecule has 0 bridgehead atoms. The van der Waals surface area contributed by atoms with Crippen LogP contribution < -0.4 is 10.1 Å². The fourth-order valence-corrected chi connectivity index (χ4v) is 1.94. The van der Waals surface area contributed by atoms with E-state index in [0.29, 0.717) is 11.5 Å². The number of ether oxygens (including phenoxy) is 1. The van der Waals surface area contributed by atoms with Gasteiger partial charge in [0.15, 0.2) is 0 Å². The molecule has 84 valence electrons. The largest absolute Gasteiger partial charge is 0.493 e. The number of nitrogens with zero attached hydrogens (tertiary/aromatic N) is 1. The normalized spacial score (nSPS) is 20.1. The molecule has 16 heavy (non-hydrogen) atoms. The lowest BCUT2D eigenvalue weighted by Crippen LogP contribution is -2.33. The van der Waals surface area contributed by atoms with Crippen LogP contribution in [0.4, 0.5) is 0 Å². The Labute approximate surface area is 96.0 Å². The van der Waals surface area contributed by atoms with Crippen molar-refractivity contribution in [1.29, 1.82) is 5.26 Å². The zero-order valence-electron chi connectivity index (χ0n) is 9.28. The molecule has 1 aliphatic rings. The van der Waals surface area contributed by atoms with Crippen molar-refractivity contribution in [1.82, 2.24) is 5.32 Å². The third-order valence-electron chi connectivity index (χ3n) is 2.85. The first-order valence-corrected chi connectivity index (χ1v) is 5.72. The summed E-state index contributed by atoms with van der Waals surface area (Å²) in [6.45, 7) is 2.90. The predicted octanol–water partition coefficient (Wildman–Crippen LogP) is 1.94. The van der Waals surface area contributed by atoms with Gasteiger partial charge in [-0.25, -0.2) is 0 Å². The van der Waals surface area contributed by atoms with Gasteiger partial charge in [0.25, 0.3) is 0 Å². The number of piperidine rings is 1. The second kappa shape index (κ2) is 5.53. The zero-order chi connectivity index (χ0) is 11.2. The highest BCUT2D eigenvalue weighted by Crippen LogP contribution is 2.16. The third-order valence-corrected chi connectivity index (χ3v) is 2.85. The van der Waals surface area contributed by atoms with Crippen LogP contribution in [0.3, 0.4) is 0 Å². The van der Waals surface area contributed by atoms with Gasteiger partial charge < -0.3 is 10.1 Å². The average molecular weight is 216 g/mol. The topological polar surface area (TPSA) is 45.0 Å². The highest BCUT2D eigenvalue weighted by atomic mass is 16.5. The molecule has 1 N–H and O–H groups in total. The zero-order valence-corrected chi connectivity index (χ0v) is 9.28. The molecule has 0 unspecified atom stereocenters. The number of rotatable bonds is 3. The minimum atomic E-state index is 0.597. The molecule has 1 saturated heterocycles. The molecule has 1 aromatic rings. The van der Waals surface area contributed by atoms with Crippen LogP contribution in [0.1, 0.15) is 18.4 Å². The van der Waals surface area contributed by atoms with Crippen LogP contribution in [0.15, 0.2) is 24.3 Å². The Morgan fingerprint density at radius 2 is 2.44 bits per heavy atom. The van der Waals surface area contributed by atoms with E-state index in [1.54, 1.807) is 12.1 Å². The van der Waals surface area contributed by atoms with Crippen molar-refractivity contribution in [2.75, 3.05) is 19.7 Å². The van der Waals surface area contributed by atoms with E-state index in [4.69, 9.17) is 10.00 Å². The van der Waals surface area contributed by atoms with E-state index in [0.717, 1.165) is 25.4 Å². The van der Waals surface area contributed by atoms with Crippen molar-refractivity contribution in [2.45, 2.75) is 12.8 Å². The van der Waals surface area contributed by atoms with Crippen molar-refractivity contribution in [2.24, 2.45) is 5.92 Å². The van der Waals surface area contributed by atoms with Crippen LogP contribution in [0.25, 0.3) is 0 Å². The van der Waals surface area contributed by atoms with Gasteiger partial charge in [-0.15, -0.1) is 0 Å². The second-order valence-electron chi connectivity index (χ2n) is 4.16. The van der Waals surface area contributed by atoms with E-state index in [9.17, 15) is 0 Å².